The number of nitrogens with two attached hydrogens (primary N) is 4. The number of aromatic amines is 3. The number of aromatic nitrogens is 16. The maximum atomic E-state index is 15.5. The summed E-state index contributed by atoms with van der Waals surface area (Å²) >= 11 is 22.7. The molecule has 7 aliphatic rings. The highest BCUT2D eigenvalue weighted by Crippen LogP contribution is 2.60. The monoisotopic (exact) mass is 1880 g/mol. The standard InChI is InChI=1S/C64H88N20O31P4S4/c1-9-30-36(39(98-13-10-95-6)55(107-30)82-23-71-33-47(66)69-22-70-48(33)82)112-116(91,120)101-19-32-38(41(100-15-12-97-8)56(109-32)83-24-72-34-49(83)75-59(67)77-52(34)87)113-117(92,121)102-18-31-37(40(99-14-11-96-7)54(108-31)80-17-27(3)51(86)79-62(80)90)114-118(93,122)104-21-64-29(5)106-43(58(111-64)81-16-26(2)46(65)74-61(81)89)45(64)115-119(94,123)103-20-63-28(4)105-42(44(63)85)57(110-63)84-25-73-35-50(84)76-60(68)78-53(35)88/h16-17,22-25,28-32,36-45,54-58,85H,9-15,18-21H2,1-8H3,(H,91,120)(H,92,121)(H,93,122)(H,94,123)(H2,65,74,89)(H2,66,69,70)(H,79,86,90)(H3,67,75,77,87)(H3,68,76,78,88)/p-4/t28-,29-,30+,31+,32+,36-,37-,38-,39?,40?,41?,42?,43?,44+,45+,54+,55+,56+,57+,58+,63-,64-,116?,117?,118?,119?/m0/s1. The second-order valence-corrected chi connectivity index (χ2v) is 40.0. The van der Waals surface area contributed by atoms with E-state index < -0.39 is 215 Å². The number of rotatable bonds is 38. The minimum absolute atomic E-state index is 0.0249. The van der Waals surface area contributed by atoms with E-state index in [0.29, 0.717) is 0 Å². The summed E-state index contributed by atoms with van der Waals surface area (Å²) in [6.45, 7) is -17.2. The van der Waals surface area contributed by atoms with Crippen molar-refractivity contribution >= 4 is 132 Å². The Morgan fingerprint density at radius 1 is 0.520 bits per heavy atom. The zero-order valence-electron chi connectivity index (χ0n) is 66.0. The van der Waals surface area contributed by atoms with Gasteiger partial charge in [-0.1, -0.05) is 42.3 Å². The van der Waals surface area contributed by atoms with Gasteiger partial charge in [0.25, 0.3) is 16.7 Å². The minimum Gasteiger partial charge on any atom is -0.780 e. The van der Waals surface area contributed by atoms with E-state index in [-0.39, 0.29) is 114 Å². The minimum atomic E-state index is -5.27. The Bertz CT molecular complexity index is 5780. The molecule has 0 aromatic carbocycles. The molecular weight excluding hydrogens is 1800 g/mol. The van der Waals surface area contributed by atoms with Crippen LogP contribution in [0.1, 0.15) is 69.5 Å². The van der Waals surface area contributed by atoms with E-state index in [0.717, 1.165) is 21.7 Å². The molecule has 15 rings (SSSR count). The Labute approximate surface area is 713 Å². The van der Waals surface area contributed by atoms with Gasteiger partial charge in [0.2, 0.25) is 11.9 Å². The van der Waals surface area contributed by atoms with Crippen molar-refractivity contribution in [2.24, 2.45) is 0 Å². The van der Waals surface area contributed by atoms with Crippen LogP contribution in [0.15, 0.2) is 61.7 Å². The van der Waals surface area contributed by atoms with Crippen molar-refractivity contribution in [3.8, 4) is 0 Å². The summed E-state index contributed by atoms with van der Waals surface area (Å²) in [7, 11) is 4.16. The molecule has 0 saturated carbocycles. The first-order valence-corrected chi connectivity index (χ1v) is 47.9. The quantitative estimate of drug-likeness (QED) is 0.0106. The second-order valence-electron chi connectivity index (χ2n) is 29.2. The fourth-order valence-corrected chi connectivity index (χ4v) is 21.3. The molecule has 26 atom stereocenters. The predicted molar refractivity (Wildman–Crippen MR) is 427 cm³/mol. The van der Waals surface area contributed by atoms with E-state index in [1.165, 1.54) is 81.0 Å². The molecule has 8 aromatic rings. The molecule has 15 heterocycles. The third-order valence-electron chi connectivity index (χ3n) is 21.6. The number of methoxy groups -OCH3 is 3. The van der Waals surface area contributed by atoms with Crippen LogP contribution < -0.4 is 65.7 Å². The normalized spacial score (nSPS) is 32.5. The third-order valence-corrected chi connectivity index (χ3v) is 27.8. The number of hydrogen-bond donors (Lipinski definition) is 8. The first-order chi connectivity index (χ1) is 58.4. The van der Waals surface area contributed by atoms with Crippen LogP contribution in [0.25, 0.3) is 33.5 Å². The van der Waals surface area contributed by atoms with Crippen molar-refractivity contribution < 1.29 is 122 Å². The fourth-order valence-electron chi connectivity index (χ4n) is 15.6. The molecule has 51 nitrogen and oxygen atoms in total. The van der Waals surface area contributed by atoms with E-state index in [9.17, 15) is 34.0 Å². The van der Waals surface area contributed by atoms with Crippen LogP contribution in [0.3, 0.4) is 0 Å². The molecule has 12 N–H and O–H groups in total. The number of ether oxygens (including phenoxy) is 13. The van der Waals surface area contributed by atoms with Gasteiger partial charge in [-0.2, -0.15) is 15.0 Å². The number of aliphatic hydroxyl groups excluding tert-OH is 1. The molecular formula is C64H84N20O31P4S4-4. The molecule has 9 unspecified atom stereocenters. The van der Waals surface area contributed by atoms with Crippen molar-refractivity contribution in [1.82, 2.24) is 77.7 Å². The van der Waals surface area contributed by atoms with Crippen LogP contribution >= 0.6 is 27.0 Å². The van der Waals surface area contributed by atoms with Gasteiger partial charge in [-0.05, 0) is 34.1 Å². The number of fused-ring (bicyclic) bond motifs is 7. The topological polar surface area (TPSA) is 665 Å². The number of anilines is 4. The van der Waals surface area contributed by atoms with Gasteiger partial charge in [-0.15, -0.1) is 0 Å². The first kappa shape index (κ1) is 91.3. The van der Waals surface area contributed by atoms with E-state index in [2.05, 4.69) is 54.8 Å². The Morgan fingerprint density at radius 2 is 0.984 bits per heavy atom. The van der Waals surface area contributed by atoms with Crippen molar-refractivity contribution in [1.29, 1.82) is 0 Å². The molecule has 7 saturated heterocycles. The predicted octanol–water partition coefficient (Wildman–Crippen LogP) is -3.47. The summed E-state index contributed by atoms with van der Waals surface area (Å²) < 4.78 is 151. The van der Waals surface area contributed by atoms with E-state index in [1.807, 2.05) is 0 Å². The van der Waals surface area contributed by atoms with Crippen LogP contribution in [0.4, 0.5) is 23.5 Å². The SMILES string of the molecule is CC[C@H]1O[C@@H](n2cnc3c(N)ncnc32)C(OCCOC)[C@H]1OP([O-])(=S)OC[C@H]1O[C@@H](n2cnc3c(=O)[nH]c(N)nc32)C(OCCOC)[C@H]1OP(=O)([S-])OC[C@H]1O[C@@H](n2cc(C)c(=O)[nH]c2=O)C(OCCOC)[C@H]1OP([O-])(=S)OC[C@]12O[C@@H](n3cc(C)c(N)nc3=O)C(O[C@H]1C)[C@H]2OP([O-])(=S)OC[C@]12O[C@@H](n3cnc4c(=O)[nH]c(N)nc43)C(O[C@H]1C)[C@H]2O. The average molecular weight is 1880 g/mol. The van der Waals surface area contributed by atoms with Gasteiger partial charge in [0.1, 0.15) is 122 Å². The molecule has 0 spiro atoms. The molecule has 0 radical (unpaired) electrons. The van der Waals surface area contributed by atoms with Crippen molar-refractivity contribution in [2.75, 3.05) is 110 Å². The lowest BCUT2D eigenvalue weighted by Gasteiger charge is -2.42. The molecule has 674 valence electrons. The third kappa shape index (κ3) is 18.0. The van der Waals surface area contributed by atoms with Crippen LogP contribution in [0, 0.1) is 13.8 Å². The Balaban J connectivity index is 0.718. The Kier molecular flexibility index (Phi) is 26.9. The molecule has 123 heavy (non-hydrogen) atoms. The highest BCUT2D eigenvalue weighted by atomic mass is 32.7. The van der Waals surface area contributed by atoms with Gasteiger partial charge in [-0.25, -0.2) is 34.5 Å². The molecule has 7 aliphatic heterocycles. The van der Waals surface area contributed by atoms with Crippen molar-refractivity contribution in [2.45, 2.75) is 175 Å². The van der Waals surface area contributed by atoms with Gasteiger partial charge in [0, 0.05) is 44.8 Å². The summed E-state index contributed by atoms with van der Waals surface area (Å²) in [5.41, 5.74) is 16.1. The zero-order chi connectivity index (χ0) is 87.9. The Morgan fingerprint density at radius 3 is 1.56 bits per heavy atom. The second kappa shape index (κ2) is 36.2. The first-order valence-electron chi connectivity index (χ1n) is 37.7. The molecule has 7 fully saturated rings. The average Bonchev–Trinajstić information content (AvgIpc) is 1.55. The number of nitrogen functional groups attached to an aromatic ring is 4. The molecule has 8 aromatic heterocycles. The van der Waals surface area contributed by atoms with Crippen LogP contribution in [0.2, 0.25) is 0 Å². The molecule has 0 aliphatic carbocycles. The summed E-state index contributed by atoms with van der Waals surface area (Å²) in [5, 5.41) is 11.9. The number of nitrogens with one attached hydrogen (secondary N) is 3. The lowest BCUT2D eigenvalue weighted by Crippen LogP contribution is -2.52. The number of aryl methyl sites for hydroxylation is 2. The van der Waals surface area contributed by atoms with Gasteiger partial charge in [0.15, 0.2) is 71.7 Å². The smallest absolute Gasteiger partial charge is 0.351 e. The van der Waals surface area contributed by atoms with E-state index in [4.69, 9.17) is 168 Å². The summed E-state index contributed by atoms with van der Waals surface area (Å²) in [4.78, 5) is 153. The summed E-state index contributed by atoms with van der Waals surface area (Å²) in [5.74, 6) is -0.675. The van der Waals surface area contributed by atoms with Crippen LogP contribution in [-0.4, -0.2) is 273 Å². The summed E-state index contributed by atoms with van der Waals surface area (Å²) in [6, 6.07) is 0. The van der Waals surface area contributed by atoms with Gasteiger partial charge in [-0.3, -0.25) is 56.7 Å². The zero-order valence-corrected chi connectivity index (χ0v) is 72.9. The van der Waals surface area contributed by atoms with Crippen molar-refractivity contribution in [3.63, 3.8) is 0 Å². The van der Waals surface area contributed by atoms with Gasteiger partial charge < -0.3 is 153 Å². The lowest BCUT2D eigenvalue weighted by molar-refractivity contribution is -0.244. The largest absolute Gasteiger partial charge is 0.780 e. The maximum Gasteiger partial charge on any atom is 0.351 e. The fraction of sp³-hybridized carbons (Fsp3) is 0.641. The van der Waals surface area contributed by atoms with E-state index in [1.54, 1.807) is 13.8 Å². The molecule has 59 heteroatoms. The van der Waals surface area contributed by atoms with E-state index >= 15 is 14.4 Å². The molecule has 4 bridgehead atoms. The van der Waals surface area contributed by atoms with Gasteiger partial charge >= 0.3 is 11.4 Å². The van der Waals surface area contributed by atoms with Crippen molar-refractivity contribution in [3.05, 3.63) is 101 Å². The highest BCUT2D eigenvalue weighted by molar-refractivity contribution is 8.32. The van der Waals surface area contributed by atoms with Crippen LogP contribution in [0.5, 0.6) is 0 Å². The Hall–Kier alpha value is -6.46. The summed E-state index contributed by atoms with van der Waals surface area (Å²) in [6.07, 6.45) is -21.3. The number of hydrogen-bond acceptors (Lipinski definition) is 47. The maximum absolute atomic E-state index is 15.5. The van der Waals surface area contributed by atoms with Crippen LogP contribution in [-0.2, 0) is 150 Å². The number of nitrogens with zero attached hydrogens (tertiary/aromatic N) is 13. The highest BCUT2D eigenvalue weighted by Gasteiger charge is 2.70. The van der Waals surface area contributed by atoms with Gasteiger partial charge in [0.05, 0.1) is 103 Å². The number of H-pyrrole nitrogens is 3. The number of aliphatic hydroxyl groups is 1. The number of imidazole rings is 3. The lowest BCUT2D eigenvalue weighted by atomic mass is 9.94. The molecule has 0 amide bonds.